The lowest BCUT2D eigenvalue weighted by Crippen LogP contribution is -2.33. The van der Waals surface area contributed by atoms with Gasteiger partial charge in [0.2, 0.25) is 0 Å². The zero-order valence-electron chi connectivity index (χ0n) is 11.2. The van der Waals surface area contributed by atoms with Gasteiger partial charge in [0.05, 0.1) is 17.1 Å². The summed E-state index contributed by atoms with van der Waals surface area (Å²) in [7, 11) is 0. The van der Waals surface area contributed by atoms with Crippen molar-refractivity contribution >= 4 is 22.8 Å². The fraction of sp³-hybridized carbons (Fsp3) is 0.429. The molecule has 1 unspecified atom stereocenters. The number of nitrogens with two attached hydrogens (primary N) is 1. The second kappa shape index (κ2) is 5.64. The Morgan fingerprint density at radius 1 is 1.53 bits per heavy atom. The topological polar surface area (TPSA) is 78.5 Å². The molecule has 0 aliphatic heterocycles. The van der Waals surface area contributed by atoms with Crippen LogP contribution in [0.4, 0.5) is 0 Å². The molecule has 2 aromatic rings. The first kappa shape index (κ1) is 13.9. The van der Waals surface area contributed by atoms with Gasteiger partial charge in [0.1, 0.15) is 5.54 Å². The highest BCUT2D eigenvalue weighted by Gasteiger charge is 2.16. The largest absolute Gasteiger partial charge is 0.333 e. The molecule has 0 saturated carbocycles. The Kier molecular flexibility index (Phi) is 4.13. The van der Waals surface area contributed by atoms with E-state index in [4.69, 9.17) is 11.0 Å². The van der Waals surface area contributed by atoms with Crippen molar-refractivity contribution in [1.82, 2.24) is 9.97 Å². The first-order valence-corrected chi connectivity index (χ1v) is 7.28. The molecule has 1 aromatic carbocycles. The molecule has 5 heteroatoms. The SMILES string of the molecule is Cc1ccc2nc(SCCCC(C)(N)C#N)[nH]c2c1. The van der Waals surface area contributed by atoms with Crippen LogP contribution in [0.1, 0.15) is 25.3 Å². The molecular formula is C14H18N4S. The summed E-state index contributed by atoms with van der Waals surface area (Å²) in [5.41, 5.74) is 8.35. The van der Waals surface area contributed by atoms with E-state index in [1.54, 1.807) is 18.7 Å². The molecule has 0 aliphatic carbocycles. The molecule has 1 aromatic heterocycles. The maximum absolute atomic E-state index is 8.83. The van der Waals surface area contributed by atoms with Crippen LogP contribution in [0.2, 0.25) is 0 Å². The molecule has 0 bridgehead atoms. The van der Waals surface area contributed by atoms with Crippen LogP contribution >= 0.6 is 11.8 Å². The lowest BCUT2D eigenvalue weighted by atomic mass is 10.0. The van der Waals surface area contributed by atoms with Crippen LogP contribution in [-0.4, -0.2) is 21.3 Å². The molecule has 3 N–H and O–H groups in total. The van der Waals surface area contributed by atoms with E-state index in [9.17, 15) is 0 Å². The summed E-state index contributed by atoms with van der Waals surface area (Å²) in [6, 6.07) is 8.29. The van der Waals surface area contributed by atoms with E-state index in [1.807, 2.05) is 6.07 Å². The molecule has 19 heavy (non-hydrogen) atoms. The predicted molar refractivity (Wildman–Crippen MR) is 79.0 cm³/mol. The standard InChI is InChI=1S/C14H18N4S/c1-10-4-5-11-12(8-10)18-13(17-11)19-7-3-6-14(2,16)9-15/h4-5,8H,3,6-7,16H2,1-2H3,(H,17,18). The van der Waals surface area contributed by atoms with Gasteiger partial charge in [0.25, 0.3) is 0 Å². The van der Waals surface area contributed by atoms with E-state index in [2.05, 4.69) is 35.1 Å². The van der Waals surface area contributed by atoms with E-state index < -0.39 is 5.54 Å². The number of hydrogen-bond acceptors (Lipinski definition) is 4. The van der Waals surface area contributed by atoms with Crippen molar-refractivity contribution in [2.45, 2.75) is 37.4 Å². The van der Waals surface area contributed by atoms with Crippen LogP contribution in [0.25, 0.3) is 11.0 Å². The van der Waals surface area contributed by atoms with Gasteiger partial charge in [-0.1, -0.05) is 17.8 Å². The summed E-state index contributed by atoms with van der Waals surface area (Å²) >= 11 is 1.67. The van der Waals surface area contributed by atoms with Crippen LogP contribution in [0.15, 0.2) is 23.4 Å². The van der Waals surface area contributed by atoms with Gasteiger partial charge in [0, 0.05) is 5.75 Å². The number of H-pyrrole nitrogens is 1. The van der Waals surface area contributed by atoms with Crippen molar-refractivity contribution in [2.75, 3.05) is 5.75 Å². The van der Waals surface area contributed by atoms with Gasteiger partial charge in [-0.2, -0.15) is 5.26 Å². The number of rotatable bonds is 5. The number of hydrogen-bond donors (Lipinski definition) is 2. The molecule has 1 atom stereocenters. The number of imidazole rings is 1. The Hall–Kier alpha value is -1.51. The summed E-state index contributed by atoms with van der Waals surface area (Å²) < 4.78 is 0. The third kappa shape index (κ3) is 3.72. The van der Waals surface area contributed by atoms with Gasteiger partial charge in [0.15, 0.2) is 5.16 Å². The number of benzene rings is 1. The number of nitriles is 1. The van der Waals surface area contributed by atoms with Crippen LogP contribution < -0.4 is 5.73 Å². The highest BCUT2D eigenvalue weighted by atomic mass is 32.2. The number of fused-ring (bicyclic) bond motifs is 1. The third-order valence-electron chi connectivity index (χ3n) is 2.95. The summed E-state index contributed by atoms with van der Waals surface area (Å²) in [5, 5.41) is 9.76. The van der Waals surface area contributed by atoms with Gasteiger partial charge in [-0.15, -0.1) is 0 Å². The van der Waals surface area contributed by atoms with Crippen LogP contribution in [0.5, 0.6) is 0 Å². The van der Waals surface area contributed by atoms with Crippen molar-refractivity contribution in [3.63, 3.8) is 0 Å². The Labute approximate surface area is 117 Å². The number of nitrogens with zero attached hydrogens (tertiary/aromatic N) is 2. The van der Waals surface area contributed by atoms with E-state index in [-0.39, 0.29) is 0 Å². The smallest absolute Gasteiger partial charge is 0.166 e. The van der Waals surface area contributed by atoms with Crippen LogP contribution in [-0.2, 0) is 0 Å². The maximum atomic E-state index is 8.83. The highest BCUT2D eigenvalue weighted by Crippen LogP contribution is 2.22. The average molecular weight is 274 g/mol. The van der Waals surface area contributed by atoms with Crippen molar-refractivity contribution in [1.29, 1.82) is 5.26 Å². The normalized spacial score (nSPS) is 14.2. The predicted octanol–water partition coefficient (Wildman–Crippen LogP) is 2.98. The van der Waals surface area contributed by atoms with Crippen molar-refractivity contribution in [3.8, 4) is 6.07 Å². The number of aromatic amines is 1. The van der Waals surface area contributed by atoms with Crippen molar-refractivity contribution in [3.05, 3.63) is 23.8 Å². The van der Waals surface area contributed by atoms with Gasteiger partial charge in [-0.25, -0.2) is 4.98 Å². The Balaban J connectivity index is 1.90. The molecule has 0 amide bonds. The number of nitrogens with one attached hydrogen (secondary N) is 1. The van der Waals surface area contributed by atoms with Crippen LogP contribution in [0, 0.1) is 18.3 Å². The van der Waals surface area contributed by atoms with E-state index >= 15 is 0 Å². The van der Waals surface area contributed by atoms with Crippen LogP contribution in [0.3, 0.4) is 0 Å². The van der Waals surface area contributed by atoms with Gasteiger partial charge in [-0.05, 0) is 44.4 Å². The van der Waals surface area contributed by atoms with Gasteiger partial charge < -0.3 is 10.7 Å². The average Bonchev–Trinajstić information content (AvgIpc) is 2.76. The minimum Gasteiger partial charge on any atom is -0.333 e. The van der Waals surface area contributed by atoms with Crippen molar-refractivity contribution < 1.29 is 0 Å². The zero-order valence-corrected chi connectivity index (χ0v) is 12.0. The molecule has 0 spiro atoms. The van der Waals surface area contributed by atoms with Gasteiger partial charge >= 0.3 is 0 Å². The van der Waals surface area contributed by atoms with Gasteiger partial charge in [-0.3, -0.25) is 0 Å². The lowest BCUT2D eigenvalue weighted by Gasteiger charge is -2.13. The minimum absolute atomic E-state index is 0.704. The molecule has 0 radical (unpaired) electrons. The molecule has 0 fully saturated rings. The molecule has 0 saturated heterocycles. The van der Waals surface area contributed by atoms with E-state index in [1.165, 1.54) is 5.56 Å². The Morgan fingerprint density at radius 3 is 3.05 bits per heavy atom. The maximum Gasteiger partial charge on any atom is 0.166 e. The minimum atomic E-state index is -0.717. The first-order chi connectivity index (χ1) is 9.00. The third-order valence-corrected chi connectivity index (χ3v) is 3.91. The summed E-state index contributed by atoms with van der Waals surface area (Å²) in [5.74, 6) is 0.910. The molecule has 1 heterocycles. The summed E-state index contributed by atoms with van der Waals surface area (Å²) in [6.45, 7) is 3.83. The number of thioether (sulfide) groups is 1. The fourth-order valence-corrected chi connectivity index (χ4v) is 2.66. The molecule has 100 valence electrons. The second-order valence-corrected chi connectivity index (χ2v) is 6.13. The highest BCUT2D eigenvalue weighted by molar-refractivity contribution is 7.99. The molecule has 2 rings (SSSR count). The molecule has 0 aliphatic rings. The second-order valence-electron chi connectivity index (χ2n) is 5.04. The fourth-order valence-electron chi connectivity index (χ4n) is 1.83. The lowest BCUT2D eigenvalue weighted by molar-refractivity contribution is 0.540. The summed E-state index contributed by atoms with van der Waals surface area (Å²) in [6.07, 6.45) is 1.61. The molecule has 4 nitrogen and oxygen atoms in total. The Morgan fingerprint density at radius 2 is 2.32 bits per heavy atom. The zero-order chi connectivity index (χ0) is 13.9. The number of aromatic nitrogens is 2. The van der Waals surface area contributed by atoms with Crippen molar-refractivity contribution in [2.24, 2.45) is 5.73 Å². The molecular weight excluding hydrogens is 256 g/mol. The Bertz CT molecular complexity index is 609. The first-order valence-electron chi connectivity index (χ1n) is 6.29. The van der Waals surface area contributed by atoms with E-state index in [0.29, 0.717) is 6.42 Å². The van der Waals surface area contributed by atoms with E-state index in [0.717, 1.165) is 28.4 Å². The summed E-state index contributed by atoms with van der Waals surface area (Å²) in [4.78, 5) is 7.82. The monoisotopic (exact) mass is 274 g/mol. The number of aryl methyl sites for hydroxylation is 1. The quantitative estimate of drug-likeness (QED) is 0.649.